The first-order valence-electron chi connectivity index (χ1n) is 13.2. The van der Waals surface area contributed by atoms with Gasteiger partial charge in [0, 0.05) is 0 Å². The third kappa shape index (κ3) is 17.1. The zero-order chi connectivity index (χ0) is 38.6. The molecule has 0 aromatic heterocycles. The molecule has 0 spiro atoms. The van der Waals surface area contributed by atoms with Crippen molar-refractivity contribution in [2.45, 2.75) is 38.9 Å². The second-order valence-electron chi connectivity index (χ2n) is 9.43. The molecule has 0 saturated carbocycles. The molecule has 3 unspecified atom stereocenters. The first kappa shape index (κ1) is 46.7. The van der Waals surface area contributed by atoms with Gasteiger partial charge >= 0.3 is 35.8 Å². The van der Waals surface area contributed by atoms with Crippen molar-refractivity contribution in [2.75, 3.05) is 21.3 Å². The number of primary amides is 3. The van der Waals surface area contributed by atoms with E-state index in [9.17, 15) is 43.2 Å². The fourth-order valence-corrected chi connectivity index (χ4v) is 2.55. The van der Waals surface area contributed by atoms with Crippen LogP contribution in [-0.2, 0) is 43.0 Å². The van der Waals surface area contributed by atoms with Crippen molar-refractivity contribution in [1.29, 1.82) is 0 Å². The van der Waals surface area contributed by atoms with E-state index < -0.39 is 89.4 Å². The Morgan fingerprint density at radius 2 is 0.646 bits per heavy atom. The standard InChI is InChI=1S/C9H6O6.3C6H12N2O3/c10-7(11)4-1-5(8(12)13)3-6(2-4)9(14)15;3*1-3(5(8)9)4(7)6(10)11-2/h1-3H,(H,10,11)(H,12,13)(H,14,15);3*3-4H,7H2,1-2H3,(H2,8,9)/t;3*3?,4-/m.000/s1. The number of nitrogens with two attached hydrogens (primary N) is 6. The van der Waals surface area contributed by atoms with Crippen molar-refractivity contribution >= 4 is 53.5 Å². The number of carbonyl (C=O) groups excluding carboxylic acids is 6. The lowest BCUT2D eigenvalue weighted by Gasteiger charge is -2.13. The van der Waals surface area contributed by atoms with E-state index in [2.05, 4.69) is 14.2 Å². The lowest BCUT2D eigenvalue weighted by Crippen LogP contribution is -2.43. The number of aromatic carboxylic acids is 3. The Morgan fingerprint density at radius 1 is 0.479 bits per heavy atom. The number of hydrogen-bond donors (Lipinski definition) is 9. The van der Waals surface area contributed by atoms with Crippen molar-refractivity contribution in [3.63, 3.8) is 0 Å². The van der Waals surface area contributed by atoms with Crippen molar-refractivity contribution in [2.24, 2.45) is 52.2 Å². The lowest BCUT2D eigenvalue weighted by atomic mass is 10.0. The number of ether oxygens (including phenoxy) is 3. The second kappa shape index (κ2) is 22.8. The molecule has 270 valence electrons. The van der Waals surface area contributed by atoms with E-state index in [1.165, 1.54) is 42.1 Å². The maximum absolute atomic E-state index is 10.7. The third-order valence-corrected chi connectivity index (χ3v) is 6.06. The predicted octanol–water partition coefficient (Wildman–Crippen LogP) is -3.39. The van der Waals surface area contributed by atoms with E-state index >= 15 is 0 Å². The molecule has 0 aliphatic rings. The van der Waals surface area contributed by atoms with Crippen LogP contribution in [0.25, 0.3) is 0 Å². The fraction of sp³-hybridized carbons (Fsp3) is 0.444. The van der Waals surface area contributed by atoms with Gasteiger partial charge in [0.2, 0.25) is 17.7 Å². The zero-order valence-corrected chi connectivity index (χ0v) is 26.9. The van der Waals surface area contributed by atoms with E-state index in [1.807, 2.05) is 0 Å². The van der Waals surface area contributed by atoms with Crippen LogP contribution in [0.4, 0.5) is 0 Å². The highest BCUT2D eigenvalue weighted by atomic mass is 16.5. The number of amides is 3. The Morgan fingerprint density at radius 3 is 0.750 bits per heavy atom. The Labute approximate surface area is 273 Å². The normalized spacial score (nSPS) is 13.4. The van der Waals surface area contributed by atoms with Crippen LogP contribution in [0.1, 0.15) is 51.8 Å². The van der Waals surface area contributed by atoms with E-state index in [4.69, 9.17) is 49.7 Å². The van der Waals surface area contributed by atoms with Gasteiger partial charge in [0.1, 0.15) is 18.1 Å². The molecule has 0 saturated heterocycles. The van der Waals surface area contributed by atoms with Gasteiger partial charge in [-0.15, -0.1) is 0 Å². The van der Waals surface area contributed by atoms with Gasteiger partial charge in [-0.3, -0.25) is 28.8 Å². The number of carboxylic acids is 3. The highest BCUT2D eigenvalue weighted by Crippen LogP contribution is 2.11. The van der Waals surface area contributed by atoms with Gasteiger partial charge in [0.25, 0.3) is 0 Å². The van der Waals surface area contributed by atoms with Crippen LogP contribution in [0.5, 0.6) is 0 Å². The minimum absolute atomic E-state index is 0.368. The summed E-state index contributed by atoms with van der Waals surface area (Å²) >= 11 is 0. The number of carboxylic acid groups (broad SMARTS) is 3. The molecule has 6 atom stereocenters. The quantitative estimate of drug-likeness (QED) is 0.0762. The third-order valence-electron chi connectivity index (χ3n) is 6.06. The van der Waals surface area contributed by atoms with E-state index in [1.54, 1.807) is 0 Å². The van der Waals surface area contributed by atoms with Crippen LogP contribution in [0.15, 0.2) is 18.2 Å². The molecule has 15 N–H and O–H groups in total. The zero-order valence-electron chi connectivity index (χ0n) is 26.9. The van der Waals surface area contributed by atoms with Crippen LogP contribution in [0.2, 0.25) is 0 Å². The summed E-state index contributed by atoms with van der Waals surface area (Å²) in [6.45, 7) is 4.43. The smallest absolute Gasteiger partial charge is 0.335 e. The maximum atomic E-state index is 10.7. The molecule has 48 heavy (non-hydrogen) atoms. The Bertz CT molecular complexity index is 1170. The van der Waals surface area contributed by atoms with Gasteiger partial charge in [-0.05, 0) is 18.2 Å². The number of esters is 3. The monoisotopic (exact) mass is 690 g/mol. The van der Waals surface area contributed by atoms with Crippen LogP contribution in [0, 0.1) is 17.8 Å². The lowest BCUT2D eigenvalue weighted by molar-refractivity contribution is -0.145. The predicted molar refractivity (Wildman–Crippen MR) is 162 cm³/mol. The minimum Gasteiger partial charge on any atom is -0.478 e. The molecule has 21 nitrogen and oxygen atoms in total. The summed E-state index contributed by atoms with van der Waals surface area (Å²) in [6.07, 6.45) is 0. The Balaban J connectivity index is -0.000000569. The number of carbonyl (C=O) groups is 9. The van der Waals surface area contributed by atoms with Crippen molar-refractivity contribution in [3.8, 4) is 0 Å². The van der Waals surface area contributed by atoms with E-state index in [0.29, 0.717) is 0 Å². The number of hydrogen-bond acceptors (Lipinski definition) is 15. The van der Waals surface area contributed by atoms with E-state index in [-0.39, 0.29) is 16.7 Å². The van der Waals surface area contributed by atoms with Gasteiger partial charge in [-0.25, -0.2) is 14.4 Å². The SMILES string of the molecule is COC(=O)[C@@H](N)C(C)C(N)=O.COC(=O)[C@@H](N)C(C)C(N)=O.COC(=O)[C@@H](N)C(C)C(N)=O.O=C(O)c1cc(C(=O)O)cc(C(=O)O)c1. The van der Waals surface area contributed by atoms with E-state index in [0.717, 1.165) is 18.2 Å². The Hall–Kier alpha value is -5.67. The van der Waals surface area contributed by atoms with Gasteiger partial charge in [-0.1, -0.05) is 20.8 Å². The molecule has 0 aliphatic carbocycles. The average Bonchev–Trinajstić information content (AvgIpc) is 3.05. The van der Waals surface area contributed by atoms with Gasteiger partial charge in [0.05, 0.1) is 55.8 Å². The second-order valence-corrected chi connectivity index (χ2v) is 9.43. The largest absolute Gasteiger partial charge is 0.478 e. The van der Waals surface area contributed by atoms with Crippen LogP contribution >= 0.6 is 0 Å². The van der Waals surface area contributed by atoms with Gasteiger partial charge in [0.15, 0.2) is 0 Å². The molecule has 3 amide bonds. The minimum atomic E-state index is -1.37. The Kier molecular flexibility index (Phi) is 22.2. The summed E-state index contributed by atoms with van der Waals surface area (Å²) in [6, 6.07) is -0.182. The van der Waals surface area contributed by atoms with Crippen molar-refractivity contribution in [1.82, 2.24) is 0 Å². The number of benzene rings is 1. The summed E-state index contributed by atoms with van der Waals surface area (Å²) in [5.74, 6) is -9.91. The van der Waals surface area contributed by atoms with Crippen molar-refractivity contribution in [3.05, 3.63) is 34.9 Å². The van der Waals surface area contributed by atoms with Crippen LogP contribution in [0.3, 0.4) is 0 Å². The summed E-state index contributed by atoms with van der Waals surface area (Å²) in [5, 5.41) is 25.8. The molecule has 0 bridgehead atoms. The summed E-state index contributed by atoms with van der Waals surface area (Å²) in [5.41, 5.74) is 29.5. The highest BCUT2D eigenvalue weighted by molar-refractivity contribution is 5.99. The van der Waals surface area contributed by atoms with Gasteiger partial charge in [-0.2, -0.15) is 0 Å². The molecular weight excluding hydrogens is 648 g/mol. The first-order chi connectivity index (χ1) is 21.9. The summed E-state index contributed by atoms with van der Waals surface area (Å²) < 4.78 is 12.9. The molecular formula is C27H42N6O15. The number of methoxy groups -OCH3 is 3. The van der Waals surface area contributed by atoms with Crippen molar-refractivity contribution < 1.29 is 72.7 Å². The topological polar surface area (TPSA) is 398 Å². The molecule has 0 heterocycles. The maximum Gasteiger partial charge on any atom is 0.335 e. The summed E-state index contributed by atoms with van der Waals surface area (Å²) in [7, 11) is 3.61. The summed E-state index contributed by atoms with van der Waals surface area (Å²) in [4.78, 5) is 95.3. The average molecular weight is 691 g/mol. The molecule has 1 aromatic rings. The molecule has 0 aliphatic heterocycles. The fourth-order valence-electron chi connectivity index (χ4n) is 2.55. The molecule has 1 aromatic carbocycles. The number of rotatable bonds is 12. The highest BCUT2D eigenvalue weighted by Gasteiger charge is 2.27. The molecule has 0 radical (unpaired) electrons. The van der Waals surface area contributed by atoms with Crippen LogP contribution in [-0.4, -0.2) is 108 Å². The molecule has 0 fully saturated rings. The molecule has 1 rings (SSSR count). The first-order valence-corrected chi connectivity index (χ1v) is 13.2. The molecule has 21 heteroatoms. The van der Waals surface area contributed by atoms with Gasteiger partial charge < -0.3 is 63.9 Å². The van der Waals surface area contributed by atoms with Crippen LogP contribution < -0.4 is 34.4 Å².